The lowest BCUT2D eigenvalue weighted by Gasteiger charge is -2.13. The third-order valence-corrected chi connectivity index (χ3v) is 4.93. The summed E-state index contributed by atoms with van der Waals surface area (Å²) in [7, 11) is 1.64. The minimum absolute atomic E-state index is 0.167. The number of likely N-dealkylation sites (tertiary alicyclic amines) is 1. The number of aliphatic hydroxyl groups is 1. The predicted molar refractivity (Wildman–Crippen MR) is 100 cm³/mol. The summed E-state index contributed by atoms with van der Waals surface area (Å²) in [6, 6.07) is 6.80. The van der Waals surface area contributed by atoms with Crippen LogP contribution in [-0.2, 0) is 9.59 Å². The molecule has 8 heteroatoms. The van der Waals surface area contributed by atoms with Gasteiger partial charge in [0.1, 0.15) is 11.8 Å². The van der Waals surface area contributed by atoms with Crippen LogP contribution in [0.2, 0.25) is 0 Å². The number of aromatic nitrogens is 2. The number of benzene rings is 1. The highest BCUT2D eigenvalue weighted by atomic mass is 16.3. The van der Waals surface area contributed by atoms with Gasteiger partial charge in [-0.3, -0.25) is 14.6 Å². The molecule has 2 aliphatic heterocycles. The van der Waals surface area contributed by atoms with E-state index in [-0.39, 0.29) is 12.1 Å². The lowest BCUT2D eigenvalue weighted by molar-refractivity contribution is -0.137. The van der Waals surface area contributed by atoms with Crippen molar-refractivity contribution in [2.75, 3.05) is 13.6 Å². The smallest absolute Gasteiger partial charge is 0.267 e. The van der Waals surface area contributed by atoms with Crippen LogP contribution in [0.25, 0.3) is 0 Å². The van der Waals surface area contributed by atoms with E-state index in [4.69, 9.17) is 5.73 Å². The zero-order valence-electron chi connectivity index (χ0n) is 15.1. The molecule has 8 nitrogen and oxygen atoms in total. The van der Waals surface area contributed by atoms with Gasteiger partial charge in [0.25, 0.3) is 11.8 Å². The molecule has 2 amide bonds. The van der Waals surface area contributed by atoms with Gasteiger partial charge in [0, 0.05) is 36.7 Å². The summed E-state index contributed by atoms with van der Waals surface area (Å²) in [4.78, 5) is 29.7. The SMILES string of the molecule is CN1CC[C@@](O)(C#Cc2cccc(C3N=C(C(N)=O)c4cnncc43)c2)C1=O. The number of likely N-dealkylation sites (N-methyl/N-ethyl adjacent to an activating group) is 1. The number of nitrogens with zero attached hydrogens (tertiary/aromatic N) is 4. The molecule has 1 aromatic carbocycles. The highest BCUT2D eigenvalue weighted by molar-refractivity contribution is 6.46. The van der Waals surface area contributed by atoms with Crippen molar-refractivity contribution < 1.29 is 14.7 Å². The van der Waals surface area contributed by atoms with E-state index in [1.54, 1.807) is 25.4 Å². The fourth-order valence-electron chi connectivity index (χ4n) is 3.40. The van der Waals surface area contributed by atoms with Gasteiger partial charge < -0.3 is 15.7 Å². The molecule has 28 heavy (non-hydrogen) atoms. The first kappa shape index (κ1) is 17.8. The van der Waals surface area contributed by atoms with Crippen molar-refractivity contribution in [3.63, 3.8) is 0 Å². The van der Waals surface area contributed by atoms with Gasteiger partial charge in [0.05, 0.1) is 12.4 Å². The summed E-state index contributed by atoms with van der Waals surface area (Å²) in [5, 5.41) is 18.1. The molecule has 1 aromatic heterocycles. The Labute approximate surface area is 161 Å². The molecule has 140 valence electrons. The van der Waals surface area contributed by atoms with Gasteiger partial charge in [-0.1, -0.05) is 24.0 Å². The maximum Gasteiger partial charge on any atom is 0.267 e. The van der Waals surface area contributed by atoms with Crippen molar-refractivity contribution in [2.24, 2.45) is 10.7 Å². The average Bonchev–Trinajstić information content (AvgIpc) is 3.21. The van der Waals surface area contributed by atoms with Crippen molar-refractivity contribution in [3.05, 3.63) is 58.9 Å². The fourth-order valence-corrected chi connectivity index (χ4v) is 3.40. The Kier molecular flexibility index (Phi) is 4.17. The number of rotatable bonds is 2. The van der Waals surface area contributed by atoms with E-state index in [1.165, 1.54) is 11.1 Å². The van der Waals surface area contributed by atoms with Gasteiger partial charge in [-0.05, 0) is 17.7 Å². The van der Waals surface area contributed by atoms with Crippen molar-refractivity contribution >= 4 is 17.5 Å². The molecule has 3 N–H and O–H groups in total. The Morgan fingerprint density at radius 3 is 2.86 bits per heavy atom. The summed E-state index contributed by atoms with van der Waals surface area (Å²) in [5.74, 6) is 4.57. The molecule has 2 atom stereocenters. The van der Waals surface area contributed by atoms with E-state index in [2.05, 4.69) is 27.0 Å². The first-order chi connectivity index (χ1) is 13.4. The maximum absolute atomic E-state index is 12.1. The Balaban J connectivity index is 1.69. The lowest BCUT2D eigenvalue weighted by atomic mass is 9.97. The maximum atomic E-state index is 12.1. The van der Waals surface area contributed by atoms with Gasteiger partial charge in [-0.25, -0.2) is 0 Å². The molecule has 2 aromatic rings. The summed E-state index contributed by atoms with van der Waals surface area (Å²) in [5.41, 5.74) is 6.67. The molecule has 2 aliphatic rings. The van der Waals surface area contributed by atoms with Crippen LogP contribution in [0.4, 0.5) is 0 Å². The Morgan fingerprint density at radius 1 is 1.36 bits per heavy atom. The summed E-state index contributed by atoms with van der Waals surface area (Å²) >= 11 is 0. The van der Waals surface area contributed by atoms with Gasteiger partial charge in [-0.2, -0.15) is 10.2 Å². The van der Waals surface area contributed by atoms with Crippen LogP contribution in [-0.4, -0.2) is 56.9 Å². The molecule has 0 bridgehead atoms. The molecule has 4 rings (SSSR count). The molecule has 0 aliphatic carbocycles. The number of nitrogens with two attached hydrogens (primary N) is 1. The van der Waals surface area contributed by atoms with Crippen LogP contribution in [0.5, 0.6) is 0 Å². The van der Waals surface area contributed by atoms with E-state index < -0.39 is 23.5 Å². The number of primary amides is 1. The van der Waals surface area contributed by atoms with Crippen LogP contribution in [0.3, 0.4) is 0 Å². The molecule has 0 spiro atoms. The van der Waals surface area contributed by atoms with Crippen LogP contribution < -0.4 is 5.73 Å². The monoisotopic (exact) mass is 375 g/mol. The predicted octanol–water partition coefficient (Wildman–Crippen LogP) is -0.201. The number of amides is 2. The molecule has 0 radical (unpaired) electrons. The minimum atomic E-state index is -1.66. The number of aliphatic imine (C=N–C) groups is 1. The zero-order chi connectivity index (χ0) is 19.9. The molecule has 1 saturated heterocycles. The zero-order valence-corrected chi connectivity index (χ0v) is 15.1. The van der Waals surface area contributed by atoms with E-state index in [9.17, 15) is 14.7 Å². The normalized spacial score (nSPS) is 23.1. The van der Waals surface area contributed by atoms with E-state index in [0.717, 1.165) is 11.1 Å². The number of carbonyl (C=O) groups is 2. The van der Waals surface area contributed by atoms with E-state index in [0.29, 0.717) is 17.7 Å². The van der Waals surface area contributed by atoms with Gasteiger partial charge >= 0.3 is 0 Å². The lowest BCUT2D eigenvalue weighted by Crippen LogP contribution is -2.37. The molecular weight excluding hydrogens is 358 g/mol. The number of carbonyl (C=O) groups excluding carboxylic acids is 2. The third kappa shape index (κ3) is 2.92. The van der Waals surface area contributed by atoms with Gasteiger partial charge in [0.15, 0.2) is 0 Å². The second kappa shape index (κ2) is 6.55. The van der Waals surface area contributed by atoms with Crippen molar-refractivity contribution in [1.82, 2.24) is 15.1 Å². The summed E-state index contributed by atoms with van der Waals surface area (Å²) in [6.07, 6.45) is 3.31. The average molecular weight is 375 g/mol. The highest BCUT2D eigenvalue weighted by Crippen LogP contribution is 2.34. The van der Waals surface area contributed by atoms with Crippen LogP contribution in [0.1, 0.15) is 34.7 Å². The first-order valence-corrected chi connectivity index (χ1v) is 8.69. The van der Waals surface area contributed by atoms with Gasteiger partial charge in [-0.15, -0.1) is 0 Å². The Morgan fingerprint density at radius 2 is 2.14 bits per heavy atom. The van der Waals surface area contributed by atoms with Crippen LogP contribution in [0, 0.1) is 11.8 Å². The molecule has 3 heterocycles. The van der Waals surface area contributed by atoms with Crippen molar-refractivity contribution in [2.45, 2.75) is 18.1 Å². The Hall–Kier alpha value is -3.57. The quantitative estimate of drug-likeness (QED) is 0.704. The second-order valence-electron chi connectivity index (χ2n) is 6.82. The number of fused-ring (bicyclic) bond motifs is 1. The standard InChI is InChI=1S/C20H17N5O3/c1-25-8-7-20(28,19(25)27)6-5-12-3-2-4-13(9-12)16-14-10-22-23-11-15(14)17(24-16)18(21)26/h2-4,9-11,16,28H,7-8H2,1H3,(H2,21,26)/t16?,20-/m0/s1. The van der Waals surface area contributed by atoms with Gasteiger partial charge in [0.2, 0.25) is 5.60 Å². The minimum Gasteiger partial charge on any atom is -0.369 e. The first-order valence-electron chi connectivity index (χ1n) is 8.69. The summed E-state index contributed by atoms with van der Waals surface area (Å²) in [6.45, 7) is 0.467. The third-order valence-electron chi connectivity index (χ3n) is 4.93. The molecule has 1 fully saturated rings. The van der Waals surface area contributed by atoms with E-state index >= 15 is 0 Å². The van der Waals surface area contributed by atoms with Crippen molar-refractivity contribution in [3.8, 4) is 11.8 Å². The molecule has 0 saturated carbocycles. The Bertz CT molecular complexity index is 1080. The highest BCUT2D eigenvalue weighted by Gasteiger charge is 2.42. The second-order valence-corrected chi connectivity index (χ2v) is 6.82. The van der Waals surface area contributed by atoms with Crippen LogP contribution in [0.15, 0.2) is 41.7 Å². The molecular formula is C20H17N5O3. The largest absolute Gasteiger partial charge is 0.369 e. The molecule has 1 unspecified atom stereocenters. The van der Waals surface area contributed by atoms with Crippen molar-refractivity contribution in [1.29, 1.82) is 0 Å². The topological polar surface area (TPSA) is 122 Å². The number of hydrogen-bond acceptors (Lipinski definition) is 6. The fraction of sp³-hybridized carbons (Fsp3) is 0.250. The summed E-state index contributed by atoms with van der Waals surface area (Å²) < 4.78 is 0. The van der Waals surface area contributed by atoms with Crippen LogP contribution >= 0.6 is 0 Å². The van der Waals surface area contributed by atoms with E-state index in [1.807, 2.05) is 12.1 Å². The number of hydrogen-bond donors (Lipinski definition) is 2.